The van der Waals surface area contributed by atoms with Gasteiger partial charge in [-0.25, -0.2) is 0 Å². The molecule has 1 saturated carbocycles. The Balaban J connectivity index is 1.80. The average Bonchev–Trinajstić information content (AvgIpc) is 2.76. The van der Waals surface area contributed by atoms with Crippen molar-refractivity contribution in [2.45, 2.75) is 77.4 Å². The van der Waals surface area contributed by atoms with Crippen LogP contribution in [0.25, 0.3) is 0 Å². The second-order valence-corrected chi connectivity index (χ2v) is 5.62. The molecular formula is C16H28N2. The topological polar surface area (TPSA) is 17.0 Å². The monoisotopic (exact) mass is 248 g/mol. The van der Waals surface area contributed by atoms with Gasteiger partial charge in [0.1, 0.15) is 0 Å². The number of hydrogen-bond acceptors (Lipinski definition) is 1. The molecule has 1 aliphatic rings. The Morgan fingerprint density at radius 1 is 1.17 bits per heavy atom. The van der Waals surface area contributed by atoms with Crippen LogP contribution in [0.4, 0.5) is 0 Å². The Hall–Kier alpha value is -0.760. The summed E-state index contributed by atoms with van der Waals surface area (Å²) in [4.78, 5) is 0. The number of hydrogen-bond donors (Lipinski definition) is 1. The highest BCUT2D eigenvalue weighted by Crippen LogP contribution is 2.17. The standard InChI is InChI=1S/C16H28N2/c1-2-12-18-13-8-11-16(18)14-17-15-9-6-4-3-5-7-10-15/h8,11,13,15,17H,2-7,9-10,12,14H2,1H3. The number of aromatic nitrogens is 1. The van der Waals surface area contributed by atoms with Crippen molar-refractivity contribution in [3.63, 3.8) is 0 Å². The van der Waals surface area contributed by atoms with E-state index in [1.807, 2.05) is 0 Å². The van der Waals surface area contributed by atoms with Crippen molar-refractivity contribution >= 4 is 0 Å². The fourth-order valence-electron chi connectivity index (χ4n) is 2.98. The van der Waals surface area contributed by atoms with Crippen LogP contribution in [-0.2, 0) is 13.1 Å². The van der Waals surface area contributed by atoms with E-state index in [0.717, 1.165) is 19.1 Å². The van der Waals surface area contributed by atoms with Crippen LogP contribution in [0.15, 0.2) is 18.3 Å². The molecule has 0 radical (unpaired) electrons. The van der Waals surface area contributed by atoms with Crippen molar-refractivity contribution < 1.29 is 0 Å². The molecular weight excluding hydrogens is 220 g/mol. The van der Waals surface area contributed by atoms with Crippen molar-refractivity contribution in [3.05, 3.63) is 24.0 Å². The summed E-state index contributed by atoms with van der Waals surface area (Å²) in [5.41, 5.74) is 1.44. The van der Waals surface area contributed by atoms with Gasteiger partial charge in [0.25, 0.3) is 0 Å². The summed E-state index contributed by atoms with van der Waals surface area (Å²) < 4.78 is 2.38. The molecule has 0 saturated heterocycles. The van der Waals surface area contributed by atoms with E-state index >= 15 is 0 Å². The van der Waals surface area contributed by atoms with Crippen LogP contribution in [0.2, 0.25) is 0 Å². The summed E-state index contributed by atoms with van der Waals surface area (Å²) in [5.74, 6) is 0. The van der Waals surface area contributed by atoms with Crippen molar-refractivity contribution in [2.75, 3.05) is 0 Å². The van der Waals surface area contributed by atoms with Gasteiger partial charge in [-0.1, -0.05) is 39.0 Å². The molecule has 18 heavy (non-hydrogen) atoms. The quantitative estimate of drug-likeness (QED) is 0.830. The lowest BCUT2D eigenvalue weighted by Gasteiger charge is -2.21. The summed E-state index contributed by atoms with van der Waals surface area (Å²) >= 11 is 0. The van der Waals surface area contributed by atoms with Gasteiger partial charge in [-0.15, -0.1) is 0 Å². The molecule has 0 bridgehead atoms. The number of nitrogens with one attached hydrogen (secondary N) is 1. The first kappa shape index (κ1) is 13.7. The highest BCUT2D eigenvalue weighted by atomic mass is 15.0. The van der Waals surface area contributed by atoms with Gasteiger partial charge < -0.3 is 9.88 Å². The zero-order chi connectivity index (χ0) is 12.6. The summed E-state index contributed by atoms with van der Waals surface area (Å²) in [5, 5.41) is 3.77. The Bertz CT molecular complexity index is 322. The summed E-state index contributed by atoms with van der Waals surface area (Å²) in [7, 11) is 0. The molecule has 0 spiro atoms. The van der Waals surface area contributed by atoms with Gasteiger partial charge in [-0.05, 0) is 31.4 Å². The van der Waals surface area contributed by atoms with E-state index < -0.39 is 0 Å². The average molecular weight is 248 g/mol. The van der Waals surface area contributed by atoms with Gasteiger partial charge in [0, 0.05) is 31.0 Å². The fourth-order valence-corrected chi connectivity index (χ4v) is 2.98. The van der Waals surface area contributed by atoms with Crippen LogP contribution < -0.4 is 5.32 Å². The first-order valence-corrected chi connectivity index (χ1v) is 7.77. The molecule has 0 atom stereocenters. The summed E-state index contributed by atoms with van der Waals surface area (Å²) in [6.45, 7) is 4.43. The molecule has 2 nitrogen and oxygen atoms in total. The van der Waals surface area contributed by atoms with Crippen LogP contribution in [0.1, 0.15) is 64.0 Å². The van der Waals surface area contributed by atoms with Gasteiger partial charge in [-0.2, -0.15) is 0 Å². The summed E-state index contributed by atoms with van der Waals surface area (Å²) in [6.07, 6.45) is 13.3. The molecule has 1 fully saturated rings. The zero-order valence-corrected chi connectivity index (χ0v) is 11.8. The third-order valence-electron chi connectivity index (χ3n) is 4.07. The van der Waals surface area contributed by atoms with Crippen molar-refractivity contribution in [1.82, 2.24) is 9.88 Å². The van der Waals surface area contributed by atoms with E-state index in [4.69, 9.17) is 0 Å². The molecule has 0 aliphatic heterocycles. The molecule has 102 valence electrons. The van der Waals surface area contributed by atoms with Crippen molar-refractivity contribution in [3.8, 4) is 0 Å². The highest BCUT2D eigenvalue weighted by Gasteiger charge is 2.11. The van der Waals surface area contributed by atoms with Crippen LogP contribution in [0.3, 0.4) is 0 Å². The number of rotatable bonds is 5. The number of nitrogens with zero attached hydrogens (tertiary/aromatic N) is 1. The molecule has 2 heteroatoms. The normalized spacial score (nSPS) is 18.5. The minimum atomic E-state index is 0.746. The Kier molecular flexibility index (Phi) is 5.79. The maximum absolute atomic E-state index is 3.77. The van der Waals surface area contributed by atoms with Gasteiger partial charge in [0.05, 0.1) is 0 Å². The predicted octanol–water partition coefficient (Wildman–Crippen LogP) is 4.10. The molecule has 0 aromatic carbocycles. The minimum absolute atomic E-state index is 0.746. The lowest BCUT2D eigenvalue weighted by atomic mass is 9.97. The van der Waals surface area contributed by atoms with E-state index in [9.17, 15) is 0 Å². The lowest BCUT2D eigenvalue weighted by Crippen LogP contribution is -2.30. The van der Waals surface area contributed by atoms with Crippen LogP contribution in [-0.4, -0.2) is 10.6 Å². The molecule has 1 N–H and O–H groups in total. The molecule has 1 heterocycles. The minimum Gasteiger partial charge on any atom is -0.350 e. The van der Waals surface area contributed by atoms with Gasteiger partial charge in [0.2, 0.25) is 0 Å². The SMILES string of the molecule is CCCn1cccc1CNC1CCCCCCC1. The van der Waals surface area contributed by atoms with E-state index in [1.54, 1.807) is 0 Å². The second-order valence-electron chi connectivity index (χ2n) is 5.62. The van der Waals surface area contributed by atoms with E-state index in [-0.39, 0.29) is 0 Å². The first-order chi connectivity index (χ1) is 8.90. The smallest absolute Gasteiger partial charge is 0.0361 e. The summed E-state index contributed by atoms with van der Waals surface area (Å²) in [6, 6.07) is 5.17. The maximum atomic E-state index is 3.77. The Morgan fingerprint density at radius 3 is 2.61 bits per heavy atom. The molecule has 1 aliphatic carbocycles. The Morgan fingerprint density at radius 2 is 1.89 bits per heavy atom. The Labute approximate surface area is 112 Å². The highest BCUT2D eigenvalue weighted by molar-refractivity contribution is 5.07. The van der Waals surface area contributed by atoms with E-state index in [0.29, 0.717) is 0 Å². The maximum Gasteiger partial charge on any atom is 0.0361 e. The predicted molar refractivity (Wildman–Crippen MR) is 77.7 cm³/mol. The van der Waals surface area contributed by atoms with Crippen LogP contribution in [0, 0.1) is 0 Å². The van der Waals surface area contributed by atoms with Crippen LogP contribution in [0.5, 0.6) is 0 Å². The van der Waals surface area contributed by atoms with Crippen molar-refractivity contribution in [1.29, 1.82) is 0 Å². The van der Waals surface area contributed by atoms with Crippen LogP contribution >= 0.6 is 0 Å². The molecule has 0 unspecified atom stereocenters. The molecule has 1 aromatic heterocycles. The van der Waals surface area contributed by atoms with E-state index in [1.165, 1.54) is 57.1 Å². The third kappa shape index (κ3) is 4.16. The van der Waals surface area contributed by atoms with Gasteiger partial charge in [-0.3, -0.25) is 0 Å². The molecule has 0 amide bonds. The second kappa shape index (κ2) is 7.63. The third-order valence-corrected chi connectivity index (χ3v) is 4.07. The fraction of sp³-hybridized carbons (Fsp3) is 0.750. The largest absolute Gasteiger partial charge is 0.350 e. The first-order valence-electron chi connectivity index (χ1n) is 7.77. The zero-order valence-electron chi connectivity index (χ0n) is 11.8. The van der Waals surface area contributed by atoms with Gasteiger partial charge >= 0.3 is 0 Å². The molecule has 1 aromatic rings. The molecule has 2 rings (SSSR count). The number of aryl methyl sites for hydroxylation is 1. The van der Waals surface area contributed by atoms with Gasteiger partial charge in [0.15, 0.2) is 0 Å². The van der Waals surface area contributed by atoms with Crippen molar-refractivity contribution in [2.24, 2.45) is 0 Å². The lowest BCUT2D eigenvalue weighted by molar-refractivity contribution is 0.385. The van der Waals surface area contributed by atoms with E-state index in [2.05, 4.69) is 35.1 Å².